The van der Waals surface area contributed by atoms with Crippen molar-refractivity contribution in [1.82, 2.24) is 19.4 Å². The highest BCUT2D eigenvalue weighted by atomic mass is 16.8. The zero-order chi connectivity index (χ0) is 9.26. The highest BCUT2D eigenvalue weighted by Gasteiger charge is 2.00. The van der Waals surface area contributed by atoms with Crippen LogP contribution in [0.4, 0.5) is 0 Å². The van der Waals surface area contributed by atoms with Gasteiger partial charge in [-0.15, -0.1) is 9.46 Å². The first-order valence-electron chi connectivity index (χ1n) is 3.96. The molecule has 0 aliphatic rings. The van der Waals surface area contributed by atoms with Crippen LogP contribution in [-0.2, 0) is 0 Å². The summed E-state index contributed by atoms with van der Waals surface area (Å²) in [5.41, 5.74) is 0. The Morgan fingerprint density at radius 2 is 1.46 bits per heavy atom. The van der Waals surface area contributed by atoms with Gasteiger partial charge in [0.15, 0.2) is 0 Å². The Morgan fingerprint density at radius 3 is 1.77 bits per heavy atom. The molecule has 0 atom stereocenters. The van der Waals surface area contributed by atoms with Crippen molar-refractivity contribution in [3.63, 3.8) is 0 Å². The van der Waals surface area contributed by atoms with Crippen molar-refractivity contribution in [1.29, 1.82) is 0 Å². The fraction of sp³-hybridized carbons (Fsp3) is 0.250. The molecule has 0 amide bonds. The molecule has 0 fully saturated rings. The average molecular weight is 178 g/mol. The second kappa shape index (κ2) is 2.93. The van der Waals surface area contributed by atoms with E-state index in [1.165, 1.54) is 0 Å². The first-order chi connectivity index (χ1) is 6.27. The predicted molar refractivity (Wildman–Crippen MR) is 45.9 cm³/mol. The van der Waals surface area contributed by atoms with Crippen LogP contribution in [0, 0.1) is 13.8 Å². The molecule has 0 N–H and O–H groups in total. The summed E-state index contributed by atoms with van der Waals surface area (Å²) < 4.78 is 3.16. The minimum Gasteiger partial charge on any atom is -0.280 e. The summed E-state index contributed by atoms with van der Waals surface area (Å²) in [5, 5.41) is 0. The molecule has 2 aromatic rings. The minimum absolute atomic E-state index is 0.799. The number of imidazole rings is 2. The summed E-state index contributed by atoms with van der Waals surface area (Å²) in [6, 6.07) is 0. The van der Waals surface area contributed by atoms with E-state index in [0.29, 0.717) is 0 Å². The molecular weight excluding hydrogens is 168 g/mol. The van der Waals surface area contributed by atoms with E-state index < -0.39 is 0 Å². The molecule has 2 rings (SSSR count). The van der Waals surface area contributed by atoms with Gasteiger partial charge in [0.2, 0.25) is 0 Å². The van der Waals surface area contributed by atoms with Gasteiger partial charge in [-0.05, 0) is 13.8 Å². The van der Waals surface area contributed by atoms with Gasteiger partial charge in [0.05, 0.1) is 12.4 Å². The van der Waals surface area contributed by atoms with E-state index in [1.54, 1.807) is 34.2 Å². The Balaban J connectivity index is 2.24. The van der Waals surface area contributed by atoms with Gasteiger partial charge < -0.3 is 0 Å². The van der Waals surface area contributed by atoms with Crippen molar-refractivity contribution in [3.8, 4) is 0 Å². The Hall–Kier alpha value is -1.78. The van der Waals surface area contributed by atoms with E-state index in [9.17, 15) is 0 Å². The number of nitrogens with zero attached hydrogens (tertiary/aromatic N) is 4. The molecule has 0 saturated carbocycles. The van der Waals surface area contributed by atoms with Crippen molar-refractivity contribution in [3.05, 3.63) is 36.4 Å². The Bertz CT molecular complexity index is 365. The normalized spacial score (nSPS) is 10.3. The largest absolute Gasteiger partial charge is 0.280 e. The van der Waals surface area contributed by atoms with Crippen LogP contribution in [0.1, 0.15) is 11.6 Å². The van der Waals surface area contributed by atoms with Crippen molar-refractivity contribution < 1.29 is 4.94 Å². The first kappa shape index (κ1) is 7.85. The lowest BCUT2D eigenvalue weighted by atomic mass is 10.7. The minimum atomic E-state index is 0.799. The quantitative estimate of drug-likeness (QED) is 0.676. The molecular formula is C8H10N4O. The molecule has 13 heavy (non-hydrogen) atoms. The number of aryl methyl sites for hydroxylation is 2. The molecule has 0 bridgehead atoms. The molecule has 0 spiro atoms. The van der Waals surface area contributed by atoms with Crippen LogP contribution in [0.3, 0.4) is 0 Å². The fourth-order valence-corrected chi connectivity index (χ4v) is 1.00. The van der Waals surface area contributed by atoms with Crippen LogP contribution in [-0.4, -0.2) is 19.4 Å². The predicted octanol–water partition coefficient (Wildman–Crippen LogP) is 0.588. The highest BCUT2D eigenvalue weighted by Crippen LogP contribution is 1.95. The summed E-state index contributed by atoms with van der Waals surface area (Å²) >= 11 is 0. The SMILES string of the molecule is Cc1nccn1On1ccnc1C. The molecule has 0 aliphatic carbocycles. The Kier molecular flexibility index (Phi) is 1.77. The number of rotatable bonds is 2. The van der Waals surface area contributed by atoms with Crippen molar-refractivity contribution in [2.45, 2.75) is 13.8 Å². The third kappa shape index (κ3) is 1.40. The second-order valence-corrected chi connectivity index (χ2v) is 2.68. The molecule has 0 saturated heterocycles. The van der Waals surface area contributed by atoms with Crippen LogP contribution < -0.4 is 4.94 Å². The maximum absolute atomic E-state index is 5.43. The van der Waals surface area contributed by atoms with E-state index in [1.807, 2.05) is 13.8 Å². The summed E-state index contributed by atoms with van der Waals surface area (Å²) in [7, 11) is 0. The van der Waals surface area contributed by atoms with Gasteiger partial charge in [-0.2, -0.15) is 0 Å². The maximum Gasteiger partial charge on any atom is 0.144 e. The van der Waals surface area contributed by atoms with Crippen LogP contribution in [0.25, 0.3) is 0 Å². The smallest absolute Gasteiger partial charge is 0.144 e. The van der Waals surface area contributed by atoms with Gasteiger partial charge in [-0.3, -0.25) is 4.94 Å². The number of aromatic nitrogens is 4. The van der Waals surface area contributed by atoms with E-state index in [0.717, 1.165) is 11.6 Å². The zero-order valence-corrected chi connectivity index (χ0v) is 7.51. The summed E-state index contributed by atoms with van der Waals surface area (Å²) in [4.78, 5) is 13.5. The average Bonchev–Trinajstić information content (AvgIpc) is 2.65. The van der Waals surface area contributed by atoms with Gasteiger partial charge in [0.25, 0.3) is 0 Å². The fourth-order valence-electron chi connectivity index (χ4n) is 1.00. The summed E-state index contributed by atoms with van der Waals surface area (Å²) in [5.74, 6) is 1.60. The van der Waals surface area contributed by atoms with Crippen LogP contribution in [0.15, 0.2) is 24.8 Å². The van der Waals surface area contributed by atoms with E-state index >= 15 is 0 Å². The zero-order valence-electron chi connectivity index (χ0n) is 7.51. The molecule has 5 nitrogen and oxygen atoms in total. The van der Waals surface area contributed by atoms with E-state index in [2.05, 4.69) is 9.97 Å². The molecule has 2 aromatic heterocycles. The molecule has 0 aliphatic heterocycles. The van der Waals surface area contributed by atoms with Crippen LogP contribution in [0.2, 0.25) is 0 Å². The molecule has 0 aromatic carbocycles. The molecule has 0 radical (unpaired) electrons. The van der Waals surface area contributed by atoms with Crippen LogP contribution in [0.5, 0.6) is 0 Å². The molecule has 2 heterocycles. The van der Waals surface area contributed by atoms with Gasteiger partial charge in [0.1, 0.15) is 11.6 Å². The van der Waals surface area contributed by atoms with E-state index in [-0.39, 0.29) is 0 Å². The van der Waals surface area contributed by atoms with Gasteiger partial charge in [-0.25, -0.2) is 9.97 Å². The third-order valence-electron chi connectivity index (χ3n) is 1.74. The highest BCUT2D eigenvalue weighted by molar-refractivity contribution is 4.88. The Morgan fingerprint density at radius 1 is 1.00 bits per heavy atom. The lowest BCUT2D eigenvalue weighted by molar-refractivity contribution is 0.0268. The van der Waals surface area contributed by atoms with Crippen molar-refractivity contribution in [2.75, 3.05) is 0 Å². The number of hydrogen-bond donors (Lipinski definition) is 0. The first-order valence-corrected chi connectivity index (χ1v) is 3.96. The topological polar surface area (TPSA) is 44.9 Å². The molecule has 0 unspecified atom stereocenters. The van der Waals surface area contributed by atoms with Gasteiger partial charge in [0, 0.05) is 12.4 Å². The lowest BCUT2D eigenvalue weighted by Crippen LogP contribution is -2.18. The summed E-state index contributed by atoms with van der Waals surface area (Å²) in [6.07, 6.45) is 6.85. The third-order valence-corrected chi connectivity index (χ3v) is 1.74. The van der Waals surface area contributed by atoms with Gasteiger partial charge in [-0.1, -0.05) is 0 Å². The van der Waals surface area contributed by atoms with Crippen LogP contribution >= 0.6 is 0 Å². The second-order valence-electron chi connectivity index (χ2n) is 2.68. The number of hydrogen-bond acceptors (Lipinski definition) is 3. The monoisotopic (exact) mass is 178 g/mol. The van der Waals surface area contributed by atoms with E-state index in [4.69, 9.17) is 4.94 Å². The molecule has 68 valence electrons. The summed E-state index contributed by atoms with van der Waals surface area (Å²) in [6.45, 7) is 3.73. The Labute approximate surface area is 75.5 Å². The molecule has 5 heteroatoms. The lowest BCUT2D eigenvalue weighted by Gasteiger charge is -2.07. The van der Waals surface area contributed by atoms with Crippen molar-refractivity contribution in [2.24, 2.45) is 0 Å². The van der Waals surface area contributed by atoms with Gasteiger partial charge >= 0.3 is 0 Å². The standard InChI is InChI=1S/C8H10N4O/c1-7-9-3-5-11(7)13-12-6-4-10-8(12)2/h3-6H,1-2H3. The van der Waals surface area contributed by atoms with Crippen molar-refractivity contribution >= 4 is 0 Å². The maximum atomic E-state index is 5.43.